The van der Waals surface area contributed by atoms with Gasteiger partial charge in [-0.05, 0) is 49.1 Å². The van der Waals surface area contributed by atoms with E-state index in [-0.39, 0.29) is 28.3 Å². The van der Waals surface area contributed by atoms with Crippen molar-refractivity contribution in [1.29, 1.82) is 10.5 Å². The van der Waals surface area contributed by atoms with E-state index in [1.807, 2.05) is 29.2 Å². The predicted octanol–water partition coefficient (Wildman–Crippen LogP) is 4.29. The van der Waals surface area contributed by atoms with Crippen LogP contribution in [0.25, 0.3) is 17.3 Å². The Morgan fingerprint density at radius 2 is 1.85 bits per heavy atom. The molecule has 2 heterocycles. The number of anilines is 2. The lowest BCUT2D eigenvalue weighted by molar-refractivity contribution is -0.384. The van der Waals surface area contributed by atoms with E-state index in [4.69, 9.17) is 5.73 Å². The molecule has 9 heteroatoms. The van der Waals surface area contributed by atoms with E-state index in [1.165, 1.54) is 16.8 Å². The van der Waals surface area contributed by atoms with E-state index in [9.17, 15) is 20.6 Å². The molecule has 4 rings (SSSR count). The fraction of sp³-hybridized carbons (Fsp3) is 0.208. The zero-order valence-corrected chi connectivity index (χ0v) is 17.8. The van der Waals surface area contributed by atoms with E-state index in [0.29, 0.717) is 16.9 Å². The van der Waals surface area contributed by atoms with Crippen molar-refractivity contribution in [2.24, 2.45) is 0 Å². The van der Waals surface area contributed by atoms with Crippen molar-refractivity contribution in [3.05, 3.63) is 75.5 Å². The summed E-state index contributed by atoms with van der Waals surface area (Å²) in [6, 6.07) is 18.0. The number of hydrogen-bond acceptors (Lipinski definition) is 7. The minimum absolute atomic E-state index is 0.0159. The second-order valence-electron chi connectivity index (χ2n) is 7.69. The SMILES string of the molecule is N#C/C(=C\c1ccc(N2CCCCC2)c([N+](=O)[O-])c1)c1nn(-c2ccccc2)c(N)c1C#N. The van der Waals surface area contributed by atoms with Crippen LogP contribution in [0.5, 0.6) is 0 Å². The van der Waals surface area contributed by atoms with Gasteiger partial charge in [0.2, 0.25) is 0 Å². The summed E-state index contributed by atoms with van der Waals surface area (Å²) in [6.07, 6.45) is 4.61. The van der Waals surface area contributed by atoms with Crippen LogP contribution in [0.15, 0.2) is 48.5 Å². The maximum atomic E-state index is 11.8. The van der Waals surface area contributed by atoms with E-state index >= 15 is 0 Å². The Hall–Kier alpha value is -4.63. The molecule has 2 aromatic carbocycles. The van der Waals surface area contributed by atoms with Crippen molar-refractivity contribution >= 4 is 28.8 Å². The van der Waals surface area contributed by atoms with Gasteiger partial charge in [0.15, 0.2) is 0 Å². The Morgan fingerprint density at radius 1 is 1.12 bits per heavy atom. The van der Waals surface area contributed by atoms with Gasteiger partial charge >= 0.3 is 0 Å². The number of nitro groups is 1. The molecule has 1 aromatic heterocycles. The number of nitrogens with zero attached hydrogens (tertiary/aromatic N) is 6. The summed E-state index contributed by atoms with van der Waals surface area (Å²) < 4.78 is 1.40. The minimum Gasteiger partial charge on any atom is -0.382 e. The minimum atomic E-state index is -0.407. The van der Waals surface area contributed by atoms with Crippen LogP contribution in [-0.4, -0.2) is 27.8 Å². The molecule has 1 aliphatic rings. The number of nitro benzene ring substituents is 1. The molecule has 0 atom stereocenters. The van der Waals surface area contributed by atoms with Crippen molar-refractivity contribution in [2.45, 2.75) is 19.3 Å². The first-order chi connectivity index (χ1) is 16.0. The third kappa shape index (κ3) is 4.25. The molecule has 0 radical (unpaired) electrons. The standard InChI is InChI=1S/C24H21N7O2/c25-15-18(23-20(16-26)24(27)30(28-23)19-7-3-1-4-8-19)13-17-9-10-21(22(14-17)31(32)33)29-11-5-2-6-12-29/h1,3-4,7-10,13-14H,2,5-6,11-12,27H2/b18-13+. The third-order valence-corrected chi connectivity index (χ3v) is 5.61. The van der Waals surface area contributed by atoms with Crippen LogP contribution < -0.4 is 10.6 Å². The summed E-state index contributed by atoms with van der Waals surface area (Å²) in [5.41, 5.74) is 8.12. The number of aromatic nitrogens is 2. The first-order valence-electron chi connectivity index (χ1n) is 10.5. The van der Waals surface area contributed by atoms with Gasteiger partial charge in [-0.1, -0.05) is 24.3 Å². The number of hydrogen-bond donors (Lipinski definition) is 1. The second kappa shape index (κ2) is 9.25. The molecule has 3 aromatic rings. The van der Waals surface area contributed by atoms with Crippen molar-refractivity contribution in [3.63, 3.8) is 0 Å². The largest absolute Gasteiger partial charge is 0.382 e. The second-order valence-corrected chi connectivity index (χ2v) is 7.69. The molecule has 0 spiro atoms. The van der Waals surface area contributed by atoms with Crippen LogP contribution in [0.1, 0.15) is 36.1 Å². The van der Waals surface area contributed by atoms with Gasteiger partial charge in [0, 0.05) is 19.2 Å². The number of nitriles is 2. The number of nitrogen functional groups attached to an aromatic ring is 1. The smallest absolute Gasteiger partial charge is 0.293 e. The van der Waals surface area contributed by atoms with E-state index in [0.717, 1.165) is 32.4 Å². The Balaban J connectivity index is 1.77. The summed E-state index contributed by atoms with van der Waals surface area (Å²) in [4.78, 5) is 13.4. The summed E-state index contributed by atoms with van der Waals surface area (Å²) >= 11 is 0. The fourth-order valence-corrected chi connectivity index (χ4v) is 3.99. The average molecular weight is 439 g/mol. The van der Waals surface area contributed by atoms with Gasteiger partial charge < -0.3 is 10.6 Å². The first-order valence-corrected chi connectivity index (χ1v) is 10.5. The van der Waals surface area contributed by atoms with E-state index < -0.39 is 4.92 Å². The Morgan fingerprint density at radius 3 is 2.48 bits per heavy atom. The lowest BCUT2D eigenvalue weighted by Gasteiger charge is -2.28. The lowest BCUT2D eigenvalue weighted by Crippen LogP contribution is -2.29. The third-order valence-electron chi connectivity index (χ3n) is 5.61. The fourth-order valence-electron chi connectivity index (χ4n) is 3.99. The zero-order valence-electron chi connectivity index (χ0n) is 17.8. The topological polar surface area (TPSA) is 138 Å². The van der Waals surface area contributed by atoms with E-state index in [2.05, 4.69) is 11.2 Å². The number of nitrogens with two attached hydrogens (primary N) is 1. The van der Waals surface area contributed by atoms with Gasteiger partial charge in [-0.25, -0.2) is 4.68 Å². The average Bonchev–Trinajstić information content (AvgIpc) is 3.19. The maximum Gasteiger partial charge on any atom is 0.293 e. The van der Waals surface area contributed by atoms with Gasteiger partial charge in [-0.3, -0.25) is 10.1 Å². The molecule has 0 saturated carbocycles. The molecule has 0 bridgehead atoms. The van der Waals surface area contributed by atoms with Gasteiger partial charge in [0.25, 0.3) is 5.69 Å². The molecule has 164 valence electrons. The molecule has 1 fully saturated rings. The van der Waals surface area contributed by atoms with Crippen LogP contribution in [-0.2, 0) is 0 Å². The number of allylic oxidation sites excluding steroid dienone is 1. The summed E-state index contributed by atoms with van der Waals surface area (Å²) in [5, 5.41) is 35.6. The summed E-state index contributed by atoms with van der Waals surface area (Å²) in [6.45, 7) is 1.56. The number of rotatable bonds is 5. The molecule has 33 heavy (non-hydrogen) atoms. The molecular weight excluding hydrogens is 418 g/mol. The number of piperidine rings is 1. The van der Waals surface area contributed by atoms with E-state index in [1.54, 1.807) is 24.3 Å². The predicted molar refractivity (Wildman–Crippen MR) is 125 cm³/mol. The number of benzene rings is 2. The van der Waals surface area contributed by atoms with Crippen LogP contribution >= 0.6 is 0 Å². The Kier molecular flexibility index (Phi) is 6.05. The van der Waals surface area contributed by atoms with Gasteiger partial charge in [0.1, 0.15) is 34.9 Å². The van der Waals surface area contributed by atoms with Gasteiger partial charge in [-0.15, -0.1) is 0 Å². The molecule has 0 unspecified atom stereocenters. The van der Waals surface area contributed by atoms with Crippen LogP contribution in [0, 0.1) is 32.8 Å². The van der Waals surface area contributed by atoms with Gasteiger partial charge in [-0.2, -0.15) is 15.6 Å². The highest BCUT2D eigenvalue weighted by atomic mass is 16.6. The van der Waals surface area contributed by atoms with Crippen molar-refractivity contribution in [2.75, 3.05) is 23.7 Å². The normalized spacial score (nSPS) is 13.9. The highest BCUT2D eigenvalue weighted by Gasteiger charge is 2.23. The molecule has 0 amide bonds. The quantitative estimate of drug-likeness (QED) is 0.355. The highest BCUT2D eigenvalue weighted by Crippen LogP contribution is 2.33. The van der Waals surface area contributed by atoms with Crippen LogP contribution in [0.3, 0.4) is 0 Å². The van der Waals surface area contributed by atoms with Crippen LogP contribution in [0.2, 0.25) is 0 Å². The molecule has 0 aliphatic carbocycles. The molecule has 2 N–H and O–H groups in total. The summed E-state index contributed by atoms with van der Waals surface area (Å²) in [5.74, 6) is 0.117. The highest BCUT2D eigenvalue weighted by molar-refractivity contribution is 5.92. The Labute approximate surface area is 190 Å². The summed E-state index contributed by atoms with van der Waals surface area (Å²) in [7, 11) is 0. The van der Waals surface area contributed by atoms with Crippen molar-refractivity contribution < 1.29 is 4.92 Å². The molecule has 9 nitrogen and oxygen atoms in total. The van der Waals surface area contributed by atoms with Crippen molar-refractivity contribution in [3.8, 4) is 17.8 Å². The number of para-hydroxylation sites is 1. The monoisotopic (exact) mass is 439 g/mol. The van der Waals surface area contributed by atoms with Crippen molar-refractivity contribution in [1.82, 2.24) is 9.78 Å². The van der Waals surface area contributed by atoms with Crippen LogP contribution in [0.4, 0.5) is 17.2 Å². The van der Waals surface area contributed by atoms with Gasteiger partial charge in [0.05, 0.1) is 16.2 Å². The maximum absolute atomic E-state index is 11.8. The molecule has 1 aliphatic heterocycles. The lowest BCUT2D eigenvalue weighted by atomic mass is 10.0. The molecular formula is C24H21N7O2. The molecule has 1 saturated heterocycles. The Bertz CT molecular complexity index is 1310. The zero-order chi connectivity index (χ0) is 23.4. The first kappa shape index (κ1) is 21.6.